The van der Waals surface area contributed by atoms with Gasteiger partial charge in [0.2, 0.25) is 0 Å². The highest BCUT2D eigenvalue weighted by atomic mass is 32.2. The maximum Gasteiger partial charge on any atom is 0.341 e. The largest absolute Gasteiger partial charge is 0.493 e. The molecule has 1 fully saturated rings. The average molecular weight is 426 g/mol. The lowest BCUT2D eigenvalue weighted by atomic mass is 10.1. The number of hydrogen-bond donors (Lipinski definition) is 1. The molecule has 30 heavy (non-hydrogen) atoms. The molecule has 156 valence electrons. The number of carbonyl (C=O) groups is 2. The molecular formula is C22H22N2O5S. The first-order chi connectivity index (χ1) is 14.4. The van der Waals surface area contributed by atoms with Crippen LogP contribution in [-0.2, 0) is 16.0 Å². The number of aliphatic carboxylic acids is 1. The zero-order valence-electron chi connectivity index (χ0n) is 16.9. The highest BCUT2D eigenvalue weighted by molar-refractivity contribution is 8.18. The number of carboxylic acids is 1. The molecular weight excluding hydrogens is 404 g/mol. The van der Waals surface area contributed by atoms with Crippen LogP contribution < -0.4 is 9.47 Å². The van der Waals surface area contributed by atoms with Gasteiger partial charge in [-0.25, -0.2) is 9.79 Å². The number of ether oxygens (including phenoxy) is 2. The summed E-state index contributed by atoms with van der Waals surface area (Å²) in [5.41, 5.74) is 2.70. The third-order valence-electron chi connectivity index (χ3n) is 4.43. The Morgan fingerprint density at radius 2 is 2.00 bits per heavy atom. The van der Waals surface area contributed by atoms with E-state index in [0.29, 0.717) is 21.6 Å². The molecule has 0 aromatic heterocycles. The minimum Gasteiger partial charge on any atom is -0.493 e. The third-order valence-corrected chi connectivity index (χ3v) is 5.49. The van der Waals surface area contributed by atoms with Crippen molar-refractivity contribution in [2.45, 2.75) is 13.3 Å². The maximum absolute atomic E-state index is 12.7. The molecule has 7 nitrogen and oxygen atoms in total. The van der Waals surface area contributed by atoms with Gasteiger partial charge in [0.15, 0.2) is 23.3 Å². The standard InChI is InChI=1S/C22H22N2O5S/c1-4-15-7-5-6-8-16(15)23-22-24(2)21(27)19(30-22)12-14-9-10-17(18(11-14)28-3)29-13-20(25)26/h5-12H,4,13H2,1-3H3,(H,25,26)/b19-12+,23-22?. The number of carboxylic acid groups (broad SMARTS) is 1. The maximum atomic E-state index is 12.7. The number of benzene rings is 2. The highest BCUT2D eigenvalue weighted by Gasteiger charge is 2.30. The summed E-state index contributed by atoms with van der Waals surface area (Å²) < 4.78 is 10.5. The molecule has 1 heterocycles. The fourth-order valence-corrected chi connectivity index (χ4v) is 3.84. The first kappa shape index (κ1) is 21.4. The predicted octanol–water partition coefficient (Wildman–Crippen LogP) is 3.95. The van der Waals surface area contributed by atoms with Crippen molar-refractivity contribution in [3.05, 3.63) is 58.5 Å². The van der Waals surface area contributed by atoms with Crippen molar-refractivity contribution in [1.82, 2.24) is 4.90 Å². The van der Waals surface area contributed by atoms with Gasteiger partial charge in [-0.15, -0.1) is 0 Å². The van der Waals surface area contributed by atoms with E-state index in [-0.39, 0.29) is 5.91 Å². The van der Waals surface area contributed by atoms with E-state index >= 15 is 0 Å². The number of methoxy groups -OCH3 is 1. The number of carbonyl (C=O) groups excluding carboxylic acids is 1. The van der Waals surface area contributed by atoms with Gasteiger partial charge in [0, 0.05) is 7.05 Å². The zero-order valence-corrected chi connectivity index (χ0v) is 17.7. The molecule has 1 amide bonds. The monoisotopic (exact) mass is 426 g/mol. The van der Waals surface area contributed by atoms with E-state index in [1.54, 1.807) is 31.3 Å². The van der Waals surface area contributed by atoms with Crippen LogP contribution in [0.3, 0.4) is 0 Å². The summed E-state index contributed by atoms with van der Waals surface area (Å²) >= 11 is 1.31. The first-order valence-corrected chi connectivity index (χ1v) is 10.1. The fraction of sp³-hybridized carbons (Fsp3) is 0.227. The van der Waals surface area contributed by atoms with Crippen LogP contribution in [0, 0.1) is 0 Å². The zero-order chi connectivity index (χ0) is 21.7. The lowest BCUT2D eigenvalue weighted by molar-refractivity contribution is -0.139. The normalized spacial score (nSPS) is 16.4. The Balaban J connectivity index is 1.86. The molecule has 1 aliphatic heterocycles. The summed E-state index contributed by atoms with van der Waals surface area (Å²) in [5.74, 6) is -0.503. The molecule has 0 unspecified atom stereocenters. The van der Waals surface area contributed by atoms with Crippen molar-refractivity contribution in [3.8, 4) is 11.5 Å². The molecule has 0 spiro atoms. The van der Waals surface area contributed by atoms with E-state index in [1.165, 1.54) is 23.8 Å². The molecule has 0 radical (unpaired) electrons. The number of aryl methyl sites for hydroxylation is 1. The van der Waals surface area contributed by atoms with Crippen molar-refractivity contribution in [2.75, 3.05) is 20.8 Å². The lowest BCUT2D eigenvalue weighted by Gasteiger charge is -2.10. The van der Waals surface area contributed by atoms with Crippen LogP contribution in [0.1, 0.15) is 18.1 Å². The van der Waals surface area contributed by atoms with Gasteiger partial charge in [-0.1, -0.05) is 31.2 Å². The van der Waals surface area contributed by atoms with Crippen LogP contribution in [0.15, 0.2) is 52.4 Å². The molecule has 0 aliphatic carbocycles. The van der Waals surface area contributed by atoms with E-state index in [9.17, 15) is 9.59 Å². The number of aliphatic imine (C=N–C) groups is 1. The third kappa shape index (κ3) is 4.83. The number of likely N-dealkylation sites (N-methyl/N-ethyl adjacent to an activating group) is 1. The molecule has 2 aromatic carbocycles. The molecule has 0 bridgehead atoms. The molecule has 2 aromatic rings. The summed E-state index contributed by atoms with van der Waals surface area (Å²) in [4.78, 5) is 30.2. The molecule has 0 atom stereocenters. The quantitative estimate of drug-likeness (QED) is 0.675. The van der Waals surface area contributed by atoms with E-state index < -0.39 is 12.6 Å². The SMILES string of the molecule is CCc1ccccc1N=C1S/C(=C/c2ccc(OCC(=O)O)c(OC)c2)C(=O)N1C. The number of rotatable bonds is 7. The summed E-state index contributed by atoms with van der Waals surface area (Å²) in [6.45, 7) is 1.60. The van der Waals surface area contributed by atoms with Crippen molar-refractivity contribution in [3.63, 3.8) is 0 Å². The van der Waals surface area contributed by atoms with Gasteiger partial charge in [-0.05, 0) is 53.6 Å². The van der Waals surface area contributed by atoms with Gasteiger partial charge in [-0.2, -0.15) is 0 Å². The van der Waals surface area contributed by atoms with Crippen molar-refractivity contribution < 1.29 is 24.2 Å². The fourth-order valence-electron chi connectivity index (χ4n) is 2.86. The number of hydrogen-bond acceptors (Lipinski definition) is 6. The molecule has 8 heteroatoms. The second kappa shape index (κ2) is 9.49. The van der Waals surface area contributed by atoms with E-state index in [1.807, 2.05) is 24.3 Å². The molecule has 0 saturated carbocycles. The van der Waals surface area contributed by atoms with Crippen LogP contribution in [0.5, 0.6) is 11.5 Å². The van der Waals surface area contributed by atoms with Gasteiger partial charge >= 0.3 is 5.97 Å². The van der Waals surface area contributed by atoms with E-state index in [2.05, 4.69) is 11.9 Å². The second-order valence-corrected chi connectivity index (χ2v) is 7.45. The smallest absolute Gasteiger partial charge is 0.341 e. The predicted molar refractivity (Wildman–Crippen MR) is 117 cm³/mol. The Kier molecular flexibility index (Phi) is 6.79. The van der Waals surface area contributed by atoms with Crippen LogP contribution in [-0.4, -0.2) is 47.8 Å². The number of para-hydroxylation sites is 1. The van der Waals surface area contributed by atoms with Gasteiger partial charge in [0.1, 0.15) is 0 Å². The average Bonchev–Trinajstić information content (AvgIpc) is 3.00. The van der Waals surface area contributed by atoms with Gasteiger partial charge in [0.25, 0.3) is 5.91 Å². The summed E-state index contributed by atoms with van der Waals surface area (Å²) in [6, 6.07) is 12.9. The Morgan fingerprint density at radius 3 is 2.70 bits per heavy atom. The summed E-state index contributed by atoms with van der Waals surface area (Å²) in [6.07, 6.45) is 2.61. The molecule has 1 N–H and O–H groups in total. The van der Waals surface area contributed by atoms with Crippen LogP contribution >= 0.6 is 11.8 Å². The Hall–Kier alpha value is -3.26. The first-order valence-electron chi connectivity index (χ1n) is 9.29. The van der Waals surface area contributed by atoms with Gasteiger partial charge < -0.3 is 14.6 Å². The van der Waals surface area contributed by atoms with Crippen molar-refractivity contribution in [1.29, 1.82) is 0 Å². The second-order valence-electron chi connectivity index (χ2n) is 6.44. The summed E-state index contributed by atoms with van der Waals surface area (Å²) in [5, 5.41) is 9.38. The number of amides is 1. The number of amidine groups is 1. The topological polar surface area (TPSA) is 88.4 Å². The van der Waals surface area contributed by atoms with Crippen LogP contribution in [0.25, 0.3) is 6.08 Å². The number of nitrogens with zero attached hydrogens (tertiary/aromatic N) is 2. The Labute approximate surface area is 179 Å². The molecule has 1 aliphatic rings. The Morgan fingerprint density at radius 1 is 1.23 bits per heavy atom. The minimum absolute atomic E-state index is 0.141. The van der Waals surface area contributed by atoms with E-state index in [4.69, 9.17) is 14.6 Å². The molecule has 3 rings (SSSR count). The highest BCUT2D eigenvalue weighted by Crippen LogP contribution is 2.35. The van der Waals surface area contributed by atoms with Crippen LogP contribution in [0.4, 0.5) is 5.69 Å². The van der Waals surface area contributed by atoms with Gasteiger partial charge in [-0.3, -0.25) is 9.69 Å². The summed E-state index contributed by atoms with van der Waals surface area (Å²) in [7, 11) is 3.17. The van der Waals surface area contributed by atoms with E-state index in [0.717, 1.165) is 23.2 Å². The number of thioether (sulfide) groups is 1. The lowest BCUT2D eigenvalue weighted by Crippen LogP contribution is -2.23. The minimum atomic E-state index is -1.07. The van der Waals surface area contributed by atoms with Crippen molar-refractivity contribution >= 4 is 40.6 Å². The molecule has 1 saturated heterocycles. The van der Waals surface area contributed by atoms with Crippen LogP contribution in [0.2, 0.25) is 0 Å². The van der Waals surface area contributed by atoms with Crippen molar-refractivity contribution in [2.24, 2.45) is 4.99 Å². The Bertz CT molecular complexity index is 1030. The van der Waals surface area contributed by atoms with Gasteiger partial charge in [0.05, 0.1) is 17.7 Å².